The summed E-state index contributed by atoms with van der Waals surface area (Å²) in [7, 11) is 0. The molecule has 4 aromatic rings. The minimum atomic E-state index is -0.550. The second-order valence-corrected chi connectivity index (χ2v) is 12.1. The summed E-state index contributed by atoms with van der Waals surface area (Å²) < 4.78 is 20.9. The molecule has 0 radical (unpaired) electrons. The number of benzene rings is 1. The molecule has 4 heterocycles. The van der Waals surface area contributed by atoms with E-state index in [1.165, 1.54) is 23.5 Å². The molecule has 1 aliphatic rings. The number of nitrogens with one attached hydrogen (secondary N) is 1. The molecule has 1 amide bonds. The minimum Gasteiger partial charge on any atom is -0.444 e. The Morgan fingerprint density at radius 2 is 1.98 bits per heavy atom. The molecule has 1 aromatic carbocycles. The van der Waals surface area contributed by atoms with Crippen LogP contribution in [0.3, 0.4) is 0 Å². The number of aryl methyl sites for hydroxylation is 2. The number of fused-ring (bicyclic) bond motifs is 1. The van der Waals surface area contributed by atoms with Crippen molar-refractivity contribution in [2.75, 3.05) is 29.9 Å². The zero-order valence-corrected chi connectivity index (χ0v) is 24.8. The number of nitriles is 1. The number of halogens is 1. The van der Waals surface area contributed by atoms with E-state index in [0.717, 1.165) is 22.9 Å². The van der Waals surface area contributed by atoms with Crippen molar-refractivity contribution in [3.8, 4) is 17.3 Å². The molecule has 5 rings (SSSR count). The van der Waals surface area contributed by atoms with Crippen molar-refractivity contribution in [1.82, 2.24) is 24.5 Å². The molecule has 12 heteroatoms. The number of carbonyl (C=O) groups excluding carboxylic acids is 1. The highest BCUT2D eigenvalue weighted by molar-refractivity contribution is 7.16. The van der Waals surface area contributed by atoms with Gasteiger partial charge in [0.2, 0.25) is 0 Å². The summed E-state index contributed by atoms with van der Waals surface area (Å²) in [5.74, 6) is 0.442. The summed E-state index contributed by atoms with van der Waals surface area (Å²) in [5, 5.41) is 18.4. The number of thiazole rings is 1. The number of anilines is 3. The smallest absolute Gasteiger partial charge is 0.410 e. The molecule has 1 saturated heterocycles. The maximum atomic E-state index is 13.5. The molecule has 0 bridgehead atoms. The summed E-state index contributed by atoms with van der Waals surface area (Å²) in [4.78, 5) is 26.8. The van der Waals surface area contributed by atoms with E-state index in [2.05, 4.69) is 21.3 Å². The van der Waals surface area contributed by atoms with Crippen molar-refractivity contribution in [3.63, 3.8) is 0 Å². The normalized spacial score (nSPS) is 15.7. The van der Waals surface area contributed by atoms with Crippen molar-refractivity contribution in [2.24, 2.45) is 0 Å². The third-order valence-corrected chi connectivity index (χ3v) is 7.69. The van der Waals surface area contributed by atoms with E-state index in [4.69, 9.17) is 14.8 Å². The maximum Gasteiger partial charge on any atom is 0.410 e. The highest BCUT2D eigenvalue weighted by atomic mass is 32.1. The first-order chi connectivity index (χ1) is 19.5. The highest BCUT2D eigenvalue weighted by Crippen LogP contribution is 2.35. The molecular weight excluding hydrogens is 543 g/mol. The largest absolute Gasteiger partial charge is 0.444 e. The van der Waals surface area contributed by atoms with Crippen LogP contribution in [0.1, 0.15) is 50.9 Å². The SMILES string of the molecule is CCc1nn2c(C)cc(N3CCN(C(=O)OC(C)(C)C)C(C)C3)nc2c1Nc1nc(-c2ccc(F)cc2)c(C#N)s1. The van der Waals surface area contributed by atoms with Crippen LogP contribution in [0.2, 0.25) is 0 Å². The number of ether oxygens (including phenoxy) is 1. The van der Waals surface area contributed by atoms with Gasteiger partial charge in [0.05, 0.1) is 5.69 Å². The van der Waals surface area contributed by atoms with E-state index < -0.39 is 5.60 Å². The third kappa shape index (κ3) is 5.81. The van der Waals surface area contributed by atoms with Gasteiger partial charge in [-0.05, 0) is 65.3 Å². The van der Waals surface area contributed by atoms with Crippen LogP contribution < -0.4 is 10.2 Å². The summed E-state index contributed by atoms with van der Waals surface area (Å²) in [5.41, 5.74) is 3.72. The van der Waals surface area contributed by atoms with Crippen LogP contribution >= 0.6 is 11.3 Å². The Hall–Kier alpha value is -4.24. The topological polar surface area (TPSA) is 112 Å². The van der Waals surface area contributed by atoms with Crippen LogP contribution in [0.15, 0.2) is 30.3 Å². The fraction of sp³-hybridized carbons (Fsp3) is 0.414. The summed E-state index contributed by atoms with van der Waals surface area (Å²) in [6.45, 7) is 13.4. The number of nitrogens with zero attached hydrogens (tertiary/aromatic N) is 7. The minimum absolute atomic E-state index is 0.0600. The van der Waals surface area contributed by atoms with Crippen LogP contribution in [0.4, 0.5) is 25.8 Å². The van der Waals surface area contributed by atoms with Crippen LogP contribution in [0.25, 0.3) is 16.9 Å². The van der Waals surface area contributed by atoms with E-state index in [-0.39, 0.29) is 18.0 Å². The van der Waals surface area contributed by atoms with Crippen molar-refractivity contribution in [2.45, 2.75) is 59.6 Å². The highest BCUT2D eigenvalue weighted by Gasteiger charge is 2.32. The van der Waals surface area contributed by atoms with Crippen LogP contribution in [-0.2, 0) is 11.2 Å². The van der Waals surface area contributed by atoms with E-state index in [1.54, 1.807) is 17.0 Å². The van der Waals surface area contributed by atoms with Gasteiger partial charge < -0.3 is 19.9 Å². The Morgan fingerprint density at radius 1 is 1.24 bits per heavy atom. The van der Waals surface area contributed by atoms with Gasteiger partial charge in [0.15, 0.2) is 10.8 Å². The first kappa shape index (κ1) is 28.3. The molecule has 0 spiro atoms. The van der Waals surface area contributed by atoms with Crippen molar-refractivity contribution >= 4 is 39.7 Å². The van der Waals surface area contributed by atoms with E-state index in [9.17, 15) is 14.4 Å². The van der Waals surface area contributed by atoms with E-state index >= 15 is 0 Å². The molecule has 1 fully saturated rings. The summed E-state index contributed by atoms with van der Waals surface area (Å²) >= 11 is 1.23. The molecule has 1 N–H and O–H groups in total. The average Bonchev–Trinajstić information content (AvgIpc) is 3.49. The second-order valence-electron chi connectivity index (χ2n) is 11.1. The molecule has 41 heavy (non-hydrogen) atoms. The van der Waals surface area contributed by atoms with Gasteiger partial charge in [0.1, 0.15) is 39.6 Å². The second kappa shape index (κ2) is 11.0. The van der Waals surface area contributed by atoms with E-state index in [0.29, 0.717) is 53.0 Å². The maximum absolute atomic E-state index is 13.5. The number of amides is 1. The summed E-state index contributed by atoms with van der Waals surface area (Å²) in [6, 6.07) is 10.1. The zero-order chi connectivity index (χ0) is 29.5. The number of aromatic nitrogens is 4. The Kier molecular flexibility index (Phi) is 7.57. The van der Waals surface area contributed by atoms with Crippen LogP contribution in [0.5, 0.6) is 0 Å². The lowest BCUT2D eigenvalue weighted by atomic mass is 10.1. The number of carbonyl (C=O) groups is 1. The Labute approximate surface area is 242 Å². The van der Waals surface area contributed by atoms with Gasteiger partial charge in [-0.1, -0.05) is 18.3 Å². The van der Waals surface area contributed by atoms with Crippen LogP contribution in [-0.4, -0.2) is 61.9 Å². The van der Waals surface area contributed by atoms with Gasteiger partial charge in [-0.15, -0.1) is 0 Å². The van der Waals surface area contributed by atoms with Crippen molar-refractivity contribution in [1.29, 1.82) is 5.26 Å². The van der Waals surface area contributed by atoms with Gasteiger partial charge in [-0.2, -0.15) is 10.4 Å². The lowest BCUT2D eigenvalue weighted by molar-refractivity contribution is 0.0158. The molecule has 214 valence electrons. The lowest BCUT2D eigenvalue weighted by Crippen LogP contribution is -2.55. The molecule has 0 saturated carbocycles. The fourth-order valence-electron chi connectivity index (χ4n) is 4.85. The Morgan fingerprint density at radius 3 is 2.61 bits per heavy atom. The zero-order valence-electron chi connectivity index (χ0n) is 24.0. The van der Waals surface area contributed by atoms with Gasteiger partial charge in [-0.25, -0.2) is 23.7 Å². The molecule has 1 atom stereocenters. The van der Waals surface area contributed by atoms with Gasteiger partial charge >= 0.3 is 6.09 Å². The van der Waals surface area contributed by atoms with Crippen molar-refractivity contribution in [3.05, 3.63) is 52.4 Å². The number of hydrogen-bond acceptors (Lipinski definition) is 9. The van der Waals surface area contributed by atoms with Gasteiger partial charge in [0, 0.05) is 43.0 Å². The van der Waals surface area contributed by atoms with E-state index in [1.807, 2.05) is 52.1 Å². The van der Waals surface area contributed by atoms with Gasteiger partial charge in [0.25, 0.3) is 0 Å². The molecule has 0 aliphatic carbocycles. The molecule has 3 aromatic heterocycles. The third-order valence-electron chi connectivity index (χ3n) is 6.82. The number of rotatable bonds is 5. The number of hydrogen-bond donors (Lipinski definition) is 1. The predicted molar refractivity (Wildman–Crippen MR) is 157 cm³/mol. The number of piperazine rings is 1. The Balaban J connectivity index is 1.45. The molecular formula is C29H33FN8O2S. The Bertz CT molecular complexity index is 1630. The average molecular weight is 577 g/mol. The van der Waals surface area contributed by atoms with Gasteiger partial charge in [-0.3, -0.25) is 0 Å². The fourth-order valence-corrected chi connectivity index (χ4v) is 5.63. The molecule has 1 aliphatic heterocycles. The monoisotopic (exact) mass is 576 g/mol. The predicted octanol–water partition coefficient (Wildman–Crippen LogP) is 5.92. The quantitative estimate of drug-likeness (QED) is 0.312. The standard InChI is InChI=1S/C29H33FN8O2S/c1-7-21-25(34-27-33-24(22(15-31)41-27)19-8-10-20(30)11-9-19)26-32-23(14-17(2)38(26)35-21)36-12-13-37(18(3)16-36)28(39)40-29(4,5)6/h8-11,14,18H,7,12-13,16H2,1-6H3,(H,33,34). The first-order valence-electron chi connectivity index (χ1n) is 13.5. The molecule has 1 unspecified atom stereocenters. The van der Waals surface area contributed by atoms with Crippen molar-refractivity contribution < 1.29 is 13.9 Å². The first-order valence-corrected chi connectivity index (χ1v) is 14.4. The van der Waals surface area contributed by atoms with Crippen LogP contribution in [0, 0.1) is 24.1 Å². The summed E-state index contributed by atoms with van der Waals surface area (Å²) in [6.07, 6.45) is 0.354. The molecule has 10 nitrogen and oxygen atoms in total. The lowest BCUT2D eigenvalue weighted by Gasteiger charge is -2.40.